The first-order valence-corrected chi connectivity index (χ1v) is 20.2. The number of hydrogen-bond acceptors (Lipinski definition) is 7. The maximum atomic E-state index is 12.6. The van der Waals surface area contributed by atoms with E-state index in [9.17, 15) is 4.79 Å². The number of aliphatic hydroxyl groups excluding tert-OH is 1. The van der Waals surface area contributed by atoms with Crippen LogP contribution in [-0.2, 0) is 16.1 Å². The number of benzene rings is 1. The van der Waals surface area contributed by atoms with Crippen LogP contribution in [0.25, 0.3) is 0 Å². The van der Waals surface area contributed by atoms with Crippen LogP contribution in [0, 0.1) is 0 Å². The first-order valence-electron chi connectivity index (χ1n) is 20.2. The summed E-state index contributed by atoms with van der Waals surface area (Å²) in [5.41, 5.74) is 0.919. The summed E-state index contributed by atoms with van der Waals surface area (Å²) in [5.74, 6) is 1.45. The zero-order valence-corrected chi connectivity index (χ0v) is 31.3. The predicted molar refractivity (Wildman–Crippen MR) is 200 cm³/mol. The van der Waals surface area contributed by atoms with Gasteiger partial charge in [-0.3, -0.25) is 9.69 Å². The molecule has 0 spiro atoms. The fourth-order valence-corrected chi connectivity index (χ4v) is 6.50. The molecule has 1 heterocycles. The average molecular weight is 675 g/mol. The summed E-state index contributed by atoms with van der Waals surface area (Å²) in [5, 5.41) is 9.14. The van der Waals surface area contributed by atoms with Crippen LogP contribution in [0.5, 0.6) is 11.5 Å². The molecule has 1 aliphatic heterocycles. The van der Waals surface area contributed by atoms with Crippen molar-refractivity contribution < 1.29 is 24.1 Å². The zero-order valence-electron chi connectivity index (χ0n) is 31.3. The highest BCUT2D eigenvalue weighted by molar-refractivity contribution is 5.69. The normalized spacial score (nSPS) is 14.0. The molecule has 278 valence electrons. The molecule has 1 aromatic carbocycles. The van der Waals surface area contributed by atoms with Gasteiger partial charge in [-0.1, -0.05) is 129 Å². The summed E-state index contributed by atoms with van der Waals surface area (Å²) in [6.07, 6.45) is 27.3. The Morgan fingerprint density at radius 3 is 1.44 bits per heavy atom. The van der Waals surface area contributed by atoms with Crippen molar-refractivity contribution in [1.82, 2.24) is 9.80 Å². The fourth-order valence-electron chi connectivity index (χ4n) is 6.50. The van der Waals surface area contributed by atoms with E-state index in [4.69, 9.17) is 19.3 Å². The number of unbranched alkanes of at least 4 members (excludes halogenated alkanes) is 18. The summed E-state index contributed by atoms with van der Waals surface area (Å²) in [7, 11) is 0. The van der Waals surface area contributed by atoms with Gasteiger partial charge in [0.25, 0.3) is 0 Å². The summed E-state index contributed by atoms with van der Waals surface area (Å²) in [4.78, 5) is 17.3. The smallest absolute Gasteiger partial charge is 0.306 e. The molecule has 0 aromatic heterocycles. The number of aliphatic hydroxyl groups is 1. The van der Waals surface area contributed by atoms with Gasteiger partial charge in [-0.2, -0.15) is 0 Å². The van der Waals surface area contributed by atoms with E-state index < -0.39 is 0 Å². The highest BCUT2D eigenvalue weighted by Gasteiger charge is 2.16. The van der Waals surface area contributed by atoms with Crippen molar-refractivity contribution in [2.24, 2.45) is 0 Å². The zero-order chi connectivity index (χ0) is 34.3. The van der Waals surface area contributed by atoms with Crippen molar-refractivity contribution in [2.45, 2.75) is 162 Å². The molecule has 1 saturated heterocycles. The fraction of sp³-hybridized carbons (Fsp3) is 0.829. The second-order valence-corrected chi connectivity index (χ2v) is 14.0. The van der Waals surface area contributed by atoms with E-state index in [1.54, 1.807) is 0 Å². The standard InChI is InChI=1S/C41H74N2O5/c1-3-5-7-9-11-13-15-17-19-21-32-46-39-34-38(35-40(36-39)47-33-22-20-18-16-14-12-10-8-6-4-2)37-48-41(45)24-23-25-42-26-28-43(29-27-42)30-31-44/h34-36,44H,3-33,37H2,1-2H3. The summed E-state index contributed by atoms with van der Waals surface area (Å²) < 4.78 is 18.1. The van der Waals surface area contributed by atoms with Gasteiger partial charge in [0, 0.05) is 45.2 Å². The number of carbonyl (C=O) groups excluding carboxylic acids is 1. The van der Waals surface area contributed by atoms with Crippen LogP contribution in [0.4, 0.5) is 0 Å². The quantitative estimate of drug-likeness (QED) is 0.0603. The number of piperazine rings is 1. The van der Waals surface area contributed by atoms with Crippen LogP contribution in [0.3, 0.4) is 0 Å². The van der Waals surface area contributed by atoms with E-state index in [0.29, 0.717) is 19.6 Å². The van der Waals surface area contributed by atoms with Gasteiger partial charge in [-0.15, -0.1) is 0 Å². The van der Waals surface area contributed by atoms with Crippen molar-refractivity contribution in [3.8, 4) is 11.5 Å². The van der Waals surface area contributed by atoms with Crippen molar-refractivity contribution >= 4 is 5.97 Å². The minimum atomic E-state index is -0.154. The number of hydrogen-bond donors (Lipinski definition) is 1. The number of esters is 1. The molecule has 0 amide bonds. The minimum absolute atomic E-state index is 0.154. The summed E-state index contributed by atoms with van der Waals surface area (Å²) in [6, 6.07) is 6.00. The van der Waals surface area contributed by atoms with Gasteiger partial charge in [0.1, 0.15) is 18.1 Å². The Kier molecular flexibility index (Phi) is 26.5. The van der Waals surface area contributed by atoms with Gasteiger partial charge in [-0.05, 0) is 43.5 Å². The first kappa shape index (κ1) is 42.3. The molecule has 0 aliphatic carbocycles. The third-order valence-corrected chi connectivity index (χ3v) is 9.61. The molecule has 0 radical (unpaired) electrons. The maximum absolute atomic E-state index is 12.6. The van der Waals surface area contributed by atoms with Crippen LogP contribution in [0.2, 0.25) is 0 Å². The Morgan fingerprint density at radius 1 is 0.583 bits per heavy atom. The van der Waals surface area contributed by atoms with Crippen molar-refractivity contribution in [1.29, 1.82) is 0 Å². The third-order valence-electron chi connectivity index (χ3n) is 9.61. The van der Waals surface area contributed by atoms with E-state index in [2.05, 4.69) is 23.6 Å². The molecule has 2 rings (SSSR count). The second kappa shape index (κ2) is 30.0. The number of nitrogens with zero attached hydrogens (tertiary/aromatic N) is 2. The Morgan fingerprint density at radius 2 is 1.00 bits per heavy atom. The van der Waals surface area contributed by atoms with Gasteiger partial charge < -0.3 is 24.2 Å². The van der Waals surface area contributed by atoms with Crippen molar-refractivity contribution in [3.63, 3.8) is 0 Å². The lowest BCUT2D eigenvalue weighted by Crippen LogP contribution is -2.47. The van der Waals surface area contributed by atoms with Crippen molar-refractivity contribution in [2.75, 3.05) is 59.1 Å². The van der Waals surface area contributed by atoms with E-state index >= 15 is 0 Å². The molecule has 1 aliphatic rings. The summed E-state index contributed by atoms with van der Waals surface area (Å²) >= 11 is 0. The minimum Gasteiger partial charge on any atom is -0.493 e. The van der Waals surface area contributed by atoms with E-state index in [1.807, 2.05) is 18.2 Å². The maximum Gasteiger partial charge on any atom is 0.306 e. The topological polar surface area (TPSA) is 71.5 Å². The van der Waals surface area contributed by atoms with Crippen LogP contribution in [0.15, 0.2) is 18.2 Å². The molecular formula is C41H74N2O5. The molecule has 48 heavy (non-hydrogen) atoms. The van der Waals surface area contributed by atoms with Gasteiger partial charge >= 0.3 is 5.97 Å². The number of rotatable bonds is 32. The van der Waals surface area contributed by atoms with Gasteiger partial charge in [0.15, 0.2) is 0 Å². The lowest BCUT2D eigenvalue weighted by molar-refractivity contribution is -0.145. The van der Waals surface area contributed by atoms with Gasteiger partial charge in [-0.25, -0.2) is 0 Å². The first-order chi connectivity index (χ1) is 23.6. The molecule has 1 fully saturated rings. The molecule has 1 aromatic rings. The molecule has 0 atom stereocenters. The molecule has 0 saturated carbocycles. The molecule has 1 N–H and O–H groups in total. The molecule has 7 heteroatoms. The Bertz CT molecular complexity index is 845. The van der Waals surface area contributed by atoms with Gasteiger partial charge in [0.05, 0.1) is 19.8 Å². The Hall–Kier alpha value is -1.83. The monoisotopic (exact) mass is 675 g/mol. The molecule has 0 unspecified atom stereocenters. The second-order valence-electron chi connectivity index (χ2n) is 14.0. The van der Waals surface area contributed by atoms with Crippen molar-refractivity contribution in [3.05, 3.63) is 23.8 Å². The molecular weight excluding hydrogens is 600 g/mol. The number of ether oxygens (including phenoxy) is 3. The van der Waals surface area contributed by atoms with E-state index in [1.165, 1.54) is 116 Å². The van der Waals surface area contributed by atoms with Crippen LogP contribution in [0.1, 0.15) is 161 Å². The summed E-state index contributed by atoms with van der Waals surface area (Å²) in [6.45, 7) is 12.0. The predicted octanol–water partition coefficient (Wildman–Crippen LogP) is 9.72. The Labute approximate surface area is 295 Å². The Balaban J connectivity index is 1.71. The average Bonchev–Trinajstić information content (AvgIpc) is 3.09. The van der Waals surface area contributed by atoms with Crippen LogP contribution in [-0.4, -0.2) is 80.0 Å². The number of carbonyl (C=O) groups is 1. The highest BCUT2D eigenvalue weighted by Crippen LogP contribution is 2.25. The molecule has 0 bridgehead atoms. The SMILES string of the molecule is CCCCCCCCCCCCOc1cc(COC(=O)CCCN2CCN(CCO)CC2)cc(OCCCCCCCCCCCC)c1. The lowest BCUT2D eigenvalue weighted by atomic mass is 10.1. The number of β-amino-alcohol motifs (C(OH)–C–C–N with tert-alkyl or cyclic N) is 1. The third kappa shape index (κ3) is 22.7. The lowest BCUT2D eigenvalue weighted by Gasteiger charge is -2.34. The van der Waals surface area contributed by atoms with E-state index in [-0.39, 0.29) is 19.2 Å². The largest absolute Gasteiger partial charge is 0.493 e. The van der Waals surface area contributed by atoms with Crippen LogP contribution < -0.4 is 9.47 Å². The van der Waals surface area contributed by atoms with Crippen LogP contribution >= 0.6 is 0 Å². The van der Waals surface area contributed by atoms with E-state index in [0.717, 1.165) is 75.6 Å². The molecule has 7 nitrogen and oxygen atoms in total. The van der Waals surface area contributed by atoms with Gasteiger partial charge in [0.2, 0.25) is 0 Å². The highest BCUT2D eigenvalue weighted by atomic mass is 16.5.